The summed E-state index contributed by atoms with van der Waals surface area (Å²) in [5.74, 6) is -0.586. The third kappa shape index (κ3) is 9.31. The number of carboxylic acid groups (broad SMARTS) is 1. The molecule has 0 saturated carbocycles. The number of piperidine rings is 1. The SMILES string of the molecule is CC(C)(C)CC(C)(C)OC(CCNC(=O)c1ccc(N2CCC(Nc3ncccn3)CC2)cc1)C(=O)O. The van der Waals surface area contributed by atoms with Crippen LogP contribution in [0.15, 0.2) is 42.7 Å². The lowest BCUT2D eigenvalue weighted by Gasteiger charge is -2.34. The summed E-state index contributed by atoms with van der Waals surface area (Å²) in [6, 6.07) is 9.67. The minimum Gasteiger partial charge on any atom is -0.479 e. The lowest BCUT2D eigenvalue weighted by Crippen LogP contribution is -2.40. The molecule has 9 heteroatoms. The summed E-state index contributed by atoms with van der Waals surface area (Å²) < 4.78 is 5.92. The van der Waals surface area contributed by atoms with Crippen molar-refractivity contribution in [1.82, 2.24) is 15.3 Å². The fourth-order valence-electron chi connectivity index (χ4n) is 5.02. The molecular weight excluding hydrogens is 470 g/mol. The van der Waals surface area contributed by atoms with Gasteiger partial charge in [0.05, 0.1) is 5.60 Å². The van der Waals surface area contributed by atoms with Crippen LogP contribution in [0.4, 0.5) is 11.6 Å². The molecule has 3 rings (SSSR count). The molecule has 1 aliphatic rings. The minimum absolute atomic E-state index is 0.0108. The zero-order chi connectivity index (χ0) is 27.1. The second kappa shape index (κ2) is 12.4. The van der Waals surface area contributed by atoms with Gasteiger partial charge in [-0.2, -0.15) is 0 Å². The topological polar surface area (TPSA) is 117 Å². The Hall–Kier alpha value is -3.20. The number of ether oxygens (including phenoxy) is 1. The van der Waals surface area contributed by atoms with Crippen molar-refractivity contribution in [2.24, 2.45) is 5.41 Å². The van der Waals surface area contributed by atoms with Crippen molar-refractivity contribution in [3.05, 3.63) is 48.3 Å². The first kappa shape index (κ1) is 28.4. The van der Waals surface area contributed by atoms with E-state index in [1.807, 2.05) is 38.1 Å². The maximum atomic E-state index is 12.6. The van der Waals surface area contributed by atoms with E-state index in [2.05, 4.69) is 46.3 Å². The van der Waals surface area contributed by atoms with Crippen LogP contribution in [0.5, 0.6) is 0 Å². The number of aromatic nitrogens is 2. The molecule has 9 nitrogen and oxygen atoms in total. The molecule has 1 saturated heterocycles. The van der Waals surface area contributed by atoms with Gasteiger partial charge in [-0.3, -0.25) is 4.79 Å². The Labute approximate surface area is 220 Å². The van der Waals surface area contributed by atoms with Gasteiger partial charge in [0.1, 0.15) is 0 Å². The number of carboxylic acids is 1. The van der Waals surface area contributed by atoms with Gasteiger partial charge in [0, 0.05) is 55.7 Å². The van der Waals surface area contributed by atoms with Gasteiger partial charge in [0.15, 0.2) is 6.10 Å². The third-order valence-electron chi connectivity index (χ3n) is 6.27. The average Bonchev–Trinajstić information content (AvgIpc) is 2.83. The predicted octanol–water partition coefficient (Wildman–Crippen LogP) is 4.36. The smallest absolute Gasteiger partial charge is 0.332 e. The number of carbonyl (C=O) groups excluding carboxylic acids is 1. The molecule has 1 aromatic carbocycles. The first-order valence-electron chi connectivity index (χ1n) is 13.0. The van der Waals surface area contributed by atoms with E-state index in [0.29, 0.717) is 17.6 Å². The molecule has 0 spiro atoms. The quantitative estimate of drug-likeness (QED) is 0.407. The Morgan fingerprint density at radius 2 is 1.70 bits per heavy atom. The molecule has 2 aromatic rings. The average molecular weight is 512 g/mol. The van der Waals surface area contributed by atoms with Crippen LogP contribution in [0.25, 0.3) is 0 Å². The third-order valence-corrected chi connectivity index (χ3v) is 6.27. The van der Waals surface area contributed by atoms with Crippen LogP contribution in [-0.4, -0.2) is 64.3 Å². The molecule has 0 bridgehead atoms. The Kier molecular flexibility index (Phi) is 9.48. The molecule has 1 aromatic heterocycles. The Morgan fingerprint density at radius 3 is 2.27 bits per heavy atom. The highest BCUT2D eigenvalue weighted by atomic mass is 16.5. The van der Waals surface area contributed by atoms with Crippen LogP contribution >= 0.6 is 0 Å². The van der Waals surface area contributed by atoms with E-state index < -0.39 is 17.7 Å². The van der Waals surface area contributed by atoms with Gasteiger partial charge in [-0.05, 0) is 68.9 Å². The van der Waals surface area contributed by atoms with E-state index in [1.54, 1.807) is 18.5 Å². The standard InChI is InChI=1S/C28H41N5O4/c1-27(2,3)19-28(4,5)37-23(25(35)36)11-16-29-24(34)20-7-9-22(10-8-20)33-17-12-21(13-18-33)32-26-30-14-6-15-31-26/h6-10,14-15,21,23H,11-13,16-19H2,1-5H3,(H,29,34)(H,35,36)(H,30,31,32). The van der Waals surface area contributed by atoms with E-state index in [9.17, 15) is 14.7 Å². The monoisotopic (exact) mass is 511 g/mol. The van der Waals surface area contributed by atoms with Gasteiger partial charge < -0.3 is 25.4 Å². The van der Waals surface area contributed by atoms with E-state index in [1.165, 1.54) is 0 Å². The second-order valence-corrected chi connectivity index (χ2v) is 11.5. The summed E-state index contributed by atoms with van der Waals surface area (Å²) in [6.07, 6.45) is 5.34. The van der Waals surface area contributed by atoms with Gasteiger partial charge in [-0.15, -0.1) is 0 Å². The van der Waals surface area contributed by atoms with E-state index in [-0.39, 0.29) is 24.3 Å². The zero-order valence-corrected chi connectivity index (χ0v) is 22.7. The first-order valence-corrected chi connectivity index (χ1v) is 13.0. The summed E-state index contributed by atoms with van der Waals surface area (Å²) in [6.45, 7) is 12.1. The Balaban J connectivity index is 1.45. The maximum absolute atomic E-state index is 12.6. The molecule has 1 fully saturated rings. The van der Waals surface area contributed by atoms with Crippen LogP contribution in [0.1, 0.15) is 70.7 Å². The van der Waals surface area contributed by atoms with Crippen LogP contribution in [0, 0.1) is 5.41 Å². The molecule has 2 heterocycles. The van der Waals surface area contributed by atoms with Crippen molar-refractivity contribution in [2.75, 3.05) is 29.9 Å². The van der Waals surface area contributed by atoms with Crippen LogP contribution in [-0.2, 0) is 9.53 Å². The molecule has 1 atom stereocenters. The number of hydrogen-bond donors (Lipinski definition) is 3. The molecule has 1 unspecified atom stereocenters. The summed E-state index contributed by atoms with van der Waals surface area (Å²) >= 11 is 0. The number of nitrogens with one attached hydrogen (secondary N) is 2. The molecule has 202 valence electrons. The number of carbonyl (C=O) groups is 2. The van der Waals surface area contributed by atoms with Gasteiger partial charge in [-0.25, -0.2) is 14.8 Å². The first-order chi connectivity index (χ1) is 17.4. The molecule has 3 N–H and O–H groups in total. The van der Waals surface area contributed by atoms with Crippen LogP contribution in [0.2, 0.25) is 0 Å². The highest BCUT2D eigenvalue weighted by Crippen LogP contribution is 2.30. The largest absolute Gasteiger partial charge is 0.479 e. The summed E-state index contributed by atoms with van der Waals surface area (Å²) in [7, 11) is 0. The molecule has 1 amide bonds. The lowest BCUT2D eigenvalue weighted by atomic mass is 9.83. The maximum Gasteiger partial charge on any atom is 0.332 e. The molecule has 0 aliphatic carbocycles. The van der Waals surface area contributed by atoms with Crippen molar-refractivity contribution in [1.29, 1.82) is 0 Å². The summed E-state index contributed by atoms with van der Waals surface area (Å²) in [4.78, 5) is 35.1. The Bertz CT molecular complexity index is 1010. The van der Waals surface area contributed by atoms with Crippen molar-refractivity contribution in [2.45, 2.75) is 78.0 Å². The van der Waals surface area contributed by atoms with Crippen molar-refractivity contribution < 1.29 is 19.4 Å². The lowest BCUT2D eigenvalue weighted by molar-refractivity contribution is -0.164. The number of nitrogens with zero attached hydrogens (tertiary/aromatic N) is 3. The number of rotatable bonds is 11. The van der Waals surface area contributed by atoms with Gasteiger partial charge in [0.2, 0.25) is 5.95 Å². The number of hydrogen-bond acceptors (Lipinski definition) is 7. The van der Waals surface area contributed by atoms with Gasteiger partial charge >= 0.3 is 5.97 Å². The van der Waals surface area contributed by atoms with Crippen LogP contribution in [0.3, 0.4) is 0 Å². The fraction of sp³-hybridized carbons (Fsp3) is 0.571. The van der Waals surface area contributed by atoms with E-state index in [0.717, 1.165) is 38.0 Å². The van der Waals surface area contributed by atoms with Gasteiger partial charge in [-0.1, -0.05) is 20.8 Å². The molecule has 0 radical (unpaired) electrons. The summed E-state index contributed by atoms with van der Waals surface area (Å²) in [5, 5.41) is 15.8. The predicted molar refractivity (Wildman–Crippen MR) is 145 cm³/mol. The fourth-order valence-corrected chi connectivity index (χ4v) is 5.02. The number of amides is 1. The summed E-state index contributed by atoms with van der Waals surface area (Å²) in [5.41, 5.74) is 1.05. The minimum atomic E-state index is -1.02. The van der Waals surface area contributed by atoms with Crippen molar-refractivity contribution >= 4 is 23.5 Å². The normalized spacial score (nSPS) is 15.8. The van der Waals surface area contributed by atoms with Crippen molar-refractivity contribution in [3.63, 3.8) is 0 Å². The second-order valence-electron chi connectivity index (χ2n) is 11.5. The molecule has 37 heavy (non-hydrogen) atoms. The Morgan fingerprint density at radius 1 is 1.08 bits per heavy atom. The van der Waals surface area contributed by atoms with Crippen molar-refractivity contribution in [3.8, 4) is 0 Å². The molecular formula is C28H41N5O4. The zero-order valence-electron chi connectivity index (χ0n) is 22.7. The number of aliphatic carboxylic acids is 1. The molecule has 1 aliphatic heterocycles. The van der Waals surface area contributed by atoms with E-state index in [4.69, 9.17) is 4.74 Å². The van der Waals surface area contributed by atoms with Crippen LogP contribution < -0.4 is 15.5 Å². The highest BCUT2D eigenvalue weighted by molar-refractivity contribution is 5.94. The van der Waals surface area contributed by atoms with Gasteiger partial charge in [0.25, 0.3) is 5.91 Å². The number of anilines is 2. The highest BCUT2D eigenvalue weighted by Gasteiger charge is 2.32. The van der Waals surface area contributed by atoms with E-state index >= 15 is 0 Å². The number of benzene rings is 1.